The maximum absolute atomic E-state index is 13.1. The van der Waals surface area contributed by atoms with E-state index in [-0.39, 0.29) is 16.7 Å². The van der Waals surface area contributed by atoms with Gasteiger partial charge in [-0.25, -0.2) is 8.42 Å². The molecule has 176 valence electrons. The lowest BCUT2D eigenvalue weighted by atomic mass is 10.1. The van der Waals surface area contributed by atoms with Crippen LogP contribution in [0.5, 0.6) is 0 Å². The molecule has 1 atom stereocenters. The molecule has 2 heterocycles. The van der Waals surface area contributed by atoms with E-state index in [2.05, 4.69) is 17.4 Å². The number of carbonyl (C=O) groups excluding carboxylic acids is 2. The number of piperidine rings is 1. The van der Waals surface area contributed by atoms with E-state index < -0.39 is 16.1 Å². The van der Waals surface area contributed by atoms with Gasteiger partial charge in [0.1, 0.15) is 6.04 Å². The molecule has 1 fully saturated rings. The highest BCUT2D eigenvalue weighted by Gasteiger charge is 2.38. The summed E-state index contributed by atoms with van der Waals surface area (Å²) in [4.78, 5) is 27.0. The number of nitrogens with zero attached hydrogens (tertiary/aromatic N) is 2. The van der Waals surface area contributed by atoms with Gasteiger partial charge in [-0.15, -0.1) is 0 Å². The summed E-state index contributed by atoms with van der Waals surface area (Å²) in [6.07, 6.45) is 4.76. The zero-order chi connectivity index (χ0) is 23.4. The van der Waals surface area contributed by atoms with Crippen LogP contribution in [0, 0.1) is 0 Å². The second kappa shape index (κ2) is 10.1. The first-order valence-corrected chi connectivity index (χ1v) is 13.1. The number of fused-ring (bicyclic) bond motifs is 1. The maximum Gasteiger partial charge on any atom is 0.243 e. The molecule has 2 aliphatic heterocycles. The Balaban J connectivity index is 1.44. The number of benzene rings is 2. The molecule has 33 heavy (non-hydrogen) atoms. The highest BCUT2D eigenvalue weighted by atomic mass is 32.2. The van der Waals surface area contributed by atoms with Crippen LogP contribution in [0.2, 0.25) is 0 Å². The average Bonchev–Trinajstić information content (AvgIpc) is 3.22. The zero-order valence-electron chi connectivity index (χ0n) is 19.0. The summed E-state index contributed by atoms with van der Waals surface area (Å²) in [6, 6.07) is 14.3. The third kappa shape index (κ3) is 5.12. The second-order valence-electron chi connectivity index (χ2n) is 8.74. The predicted octanol–water partition coefficient (Wildman–Crippen LogP) is 2.89. The van der Waals surface area contributed by atoms with E-state index in [9.17, 15) is 18.0 Å². The van der Waals surface area contributed by atoms with E-state index in [1.807, 2.05) is 18.2 Å². The Morgan fingerprint density at radius 2 is 1.76 bits per heavy atom. The molecule has 2 aromatic carbocycles. The molecule has 0 aliphatic carbocycles. The Bertz CT molecular complexity index is 1110. The Hall–Kier alpha value is -2.71. The first kappa shape index (κ1) is 23.4. The second-order valence-corrected chi connectivity index (χ2v) is 10.7. The highest BCUT2D eigenvalue weighted by molar-refractivity contribution is 7.89. The molecule has 0 aromatic heterocycles. The molecule has 0 saturated carbocycles. The Morgan fingerprint density at radius 1 is 1.03 bits per heavy atom. The number of hydrogen-bond donors (Lipinski definition) is 1. The van der Waals surface area contributed by atoms with E-state index in [1.165, 1.54) is 21.7 Å². The van der Waals surface area contributed by atoms with Gasteiger partial charge in [-0.05, 0) is 55.0 Å². The number of aryl methyl sites for hydroxylation is 1. The van der Waals surface area contributed by atoms with Gasteiger partial charge in [0.2, 0.25) is 21.8 Å². The van der Waals surface area contributed by atoms with E-state index in [0.29, 0.717) is 37.3 Å². The van der Waals surface area contributed by atoms with Crippen LogP contribution in [0.3, 0.4) is 0 Å². The first-order valence-electron chi connectivity index (χ1n) is 11.6. The normalized spacial score (nSPS) is 18.7. The quantitative estimate of drug-likeness (QED) is 0.632. The van der Waals surface area contributed by atoms with Gasteiger partial charge in [-0.1, -0.05) is 36.8 Å². The fourth-order valence-corrected chi connectivity index (χ4v) is 6.28. The molecule has 0 spiro atoms. The van der Waals surface area contributed by atoms with E-state index in [4.69, 9.17) is 0 Å². The largest absolute Gasteiger partial charge is 0.354 e. The number of rotatable bonds is 7. The highest BCUT2D eigenvalue weighted by Crippen LogP contribution is 2.35. The number of sulfonamides is 1. The number of hydrogen-bond acceptors (Lipinski definition) is 4. The summed E-state index contributed by atoms with van der Waals surface area (Å²) in [5.41, 5.74) is 2.55. The molecule has 2 aromatic rings. The van der Waals surface area contributed by atoms with Crippen LogP contribution in [0.25, 0.3) is 0 Å². The van der Waals surface area contributed by atoms with Crippen molar-refractivity contribution in [2.45, 2.75) is 56.4 Å². The lowest BCUT2D eigenvalue weighted by Gasteiger charge is -2.26. The Morgan fingerprint density at radius 3 is 2.45 bits per heavy atom. The van der Waals surface area contributed by atoms with E-state index >= 15 is 0 Å². The monoisotopic (exact) mass is 469 g/mol. The zero-order valence-corrected chi connectivity index (χ0v) is 19.8. The van der Waals surface area contributed by atoms with Crippen LogP contribution in [0.1, 0.15) is 43.7 Å². The first-order chi connectivity index (χ1) is 15.9. The van der Waals surface area contributed by atoms with Crippen LogP contribution in [0.4, 0.5) is 5.69 Å². The summed E-state index contributed by atoms with van der Waals surface area (Å²) in [7, 11) is -3.57. The molecule has 2 aliphatic rings. The fourth-order valence-electron chi connectivity index (χ4n) is 4.71. The SMILES string of the molecule is CC(=O)N1c2ccc(S(=O)(=O)N3CCCCC3)cc2C[C@H]1C(=O)NCCCc1ccccc1. The fraction of sp³-hybridized carbons (Fsp3) is 0.440. The van der Waals surface area contributed by atoms with Crippen LogP contribution >= 0.6 is 0 Å². The Labute approximate surface area is 195 Å². The van der Waals surface area contributed by atoms with Crippen molar-refractivity contribution >= 4 is 27.5 Å². The van der Waals surface area contributed by atoms with E-state index in [0.717, 1.165) is 32.1 Å². The summed E-state index contributed by atoms with van der Waals surface area (Å²) in [5, 5.41) is 2.95. The minimum atomic E-state index is -3.57. The van der Waals surface area contributed by atoms with Gasteiger partial charge < -0.3 is 5.32 Å². The van der Waals surface area contributed by atoms with Gasteiger partial charge in [-0.3, -0.25) is 14.5 Å². The summed E-state index contributed by atoms with van der Waals surface area (Å²) in [5.74, 6) is -0.445. The molecule has 8 heteroatoms. The summed E-state index contributed by atoms with van der Waals surface area (Å²) < 4.78 is 27.7. The minimum Gasteiger partial charge on any atom is -0.354 e. The van der Waals surface area contributed by atoms with Crippen molar-refractivity contribution in [3.8, 4) is 0 Å². The molecule has 0 radical (unpaired) electrons. The average molecular weight is 470 g/mol. The predicted molar refractivity (Wildman–Crippen MR) is 127 cm³/mol. The number of amides is 2. The lowest BCUT2D eigenvalue weighted by molar-refractivity contribution is -0.125. The molecule has 0 bridgehead atoms. The molecular weight excluding hydrogens is 438 g/mol. The van der Waals surface area contributed by atoms with Gasteiger partial charge >= 0.3 is 0 Å². The van der Waals surface area contributed by atoms with E-state index in [1.54, 1.807) is 18.2 Å². The maximum atomic E-state index is 13.1. The topological polar surface area (TPSA) is 86.8 Å². The molecular formula is C25H31N3O4S. The van der Waals surface area contributed by atoms with Crippen molar-refractivity contribution < 1.29 is 18.0 Å². The smallest absolute Gasteiger partial charge is 0.243 e. The lowest BCUT2D eigenvalue weighted by Crippen LogP contribution is -2.47. The van der Waals surface area contributed by atoms with Crippen molar-refractivity contribution in [2.24, 2.45) is 0 Å². The van der Waals surface area contributed by atoms with Gasteiger partial charge in [0.25, 0.3) is 0 Å². The minimum absolute atomic E-state index is 0.213. The van der Waals surface area contributed by atoms with Crippen LogP contribution in [-0.2, 0) is 32.5 Å². The van der Waals surface area contributed by atoms with Crippen LogP contribution < -0.4 is 10.2 Å². The van der Waals surface area contributed by atoms with Crippen molar-refractivity contribution in [2.75, 3.05) is 24.5 Å². The van der Waals surface area contributed by atoms with Gasteiger partial charge in [0, 0.05) is 38.7 Å². The van der Waals surface area contributed by atoms with Crippen molar-refractivity contribution in [3.63, 3.8) is 0 Å². The molecule has 1 saturated heterocycles. The van der Waals surface area contributed by atoms with Gasteiger partial charge in [-0.2, -0.15) is 4.31 Å². The van der Waals surface area contributed by atoms with Crippen molar-refractivity contribution in [1.29, 1.82) is 0 Å². The van der Waals surface area contributed by atoms with Crippen LogP contribution in [0.15, 0.2) is 53.4 Å². The van der Waals surface area contributed by atoms with Crippen molar-refractivity contribution in [3.05, 3.63) is 59.7 Å². The molecule has 1 N–H and O–H groups in total. The molecule has 2 amide bonds. The van der Waals surface area contributed by atoms with Crippen LogP contribution in [-0.4, -0.2) is 50.2 Å². The summed E-state index contributed by atoms with van der Waals surface area (Å²) >= 11 is 0. The Kier molecular flexibility index (Phi) is 7.14. The third-order valence-corrected chi connectivity index (χ3v) is 8.31. The number of anilines is 1. The molecule has 7 nitrogen and oxygen atoms in total. The molecule has 0 unspecified atom stereocenters. The summed E-state index contributed by atoms with van der Waals surface area (Å²) in [6.45, 7) is 3.02. The standard InChI is InChI=1S/C25H31N3O4S/c1-19(29)28-23-13-12-22(33(31,32)27-15-6-3-7-16-27)17-21(23)18-24(28)25(30)26-14-8-11-20-9-4-2-5-10-20/h2,4-5,9-10,12-13,17,24H,3,6-8,11,14-16,18H2,1H3,(H,26,30)/t24-/m0/s1. The number of nitrogens with one attached hydrogen (secondary N) is 1. The number of carbonyl (C=O) groups is 2. The third-order valence-electron chi connectivity index (χ3n) is 6.41. The molecule has 4 rings (SSSR count). The van der Waals surface area contributed by atoms with Crippen molar-refractivity contribution in [1.82, 2.24) is 9.62 Å². The van der Waals surface area contributed by atoms with Gasteiger partial charge in [0.15, 0.2) is 0 Å². The van der Waals surface area contributed by atoms with Gasteiger partial charge in [0.05, 0.1) is 4.90 Å².